The summed E-state index contributed by atoms with van der Waals surface area (Å²) in [5, 5.41) is 7.37. The maximum absolute atomic E-state index is 13.3. The molecule has 2 amide bonds. The Morgan fingerprint density at radius 1 is 0.950 bits per heavy atom. The van der Waals surface area contributed by atoms with Crippen LogP contribution in [-0.2, 0) is 37.4 Å². The molecule has 10 heteroatoms. The molecule has 5 rings (SSSR count). The van der Waals surface area contributed by atoms with E-state index in [2.05, 4.69) is 10.4 Å². The molecule has 0 saturated heterocycles. The summed E-state index contributed by atoms with van der Waals surface area (Å²) in [5.41, 5.74) is 3.19. The van der Waals surface area contributed by atoms with Crippen LogP contribution in [0.2, 0.25) is 0 Å². The summed E-state index contributed by atoms with van der Waals surface area (Å²) in [4.78, 5) is 27.8. The van der Waals surface area contributed by atoms with Crippen LogP contribution in [-0.4, -0.2) is 33.0 Å². The molecule has 2 heterocycles. The minimum Gasteiger partial charge on any atom is -0.457 e. The summed E-state index contributed by atoms with van der Waals surface area (Å²) < 4.78 is 45.9. The van der Waals surface area contributed by atoms with Gasteiger partial charge in [-0.15, -0.1) is 0 Å². The number of carbonyl (C=O) groups is 2. The molecule has 0 radical (unpaired) electrons. The third-order valence-electron chi connectivity index (χ3n) is 6.77. The number of nitrogens with zero attached hydrogens (tertiary/aromatic N) is 3. The second-order valence-electron chi connectivity index (χ2n) is 9.73. The van der Waals surface area contributed by atoms with Crippen LogP contribution >= 0.6 is 0 Å². The van der Waals surface area contributed by atoms with Crippen molar-refractivity contribution in [3.05, 3.63) is 106 Å². The number of halogens is 3. The van der Waals surface area contributed by atoms with Crippen molar-refractivity contribution >= 4 is 17.5 Å². The van der Waals surface area contributed by atoms with Crippen molar-refractivity contribution in [3.63, 3.8) is 0 Å². The first-order valence-electron chi connectivity index (χ1n) is 12.7. The zero-order valence-corrected chi connectivity index (χ0v) is 22.0. The SMILES string of the molecule is Cc1ccc(Oc2ccc(NC(=O)c3c4c(nn3C)CCN(C(=O)Cc3ccc(C(F)(F)F)cc3)C4)cc2)cc1. The first kappa shape index (κ1) is 27.0. The van der Waals surface area contributed by atoms with Crippen molar-refractivity contribution in [1.29, 1.82) is 0 Å². The highest BCUT2D eigenvalue weighted by molar-refractivity contribution is 6.04. The van der Waals surface area contributed by atoms with E-state index in [9.17, 15) is 22.8 Å². The average Bonchev–Trinajstić information content (AvgIpc) is 3.26. The highest BCUT2D eigenvalue weighted by Gasteiger charge is 2.31. The second kappa shape index (κ2) is 10.9. The number of anilines is 1. The number of fused-ring (bicyclic) bond motifs is 1. The summed E-state index contributed by atoms with van der Waals surface area (Å²) in [5.74, 6) is 0.744. The Balaban J connectivity index is 1.24. The maximum Gasteiger partial charge on any atom is 0.416 e. The Kier molecular flexibility index (Phi) is 7.34. The van der Waals surface area contributed by atoms with Gasteiger partial charge < -0.3 is 15.0 Å². The molecule has 0 bridgehead atoms. The van der Waals surface area contributed by atoms with Gasteiger partial charge in [0.2, 0.25) is 5.91 Å². The fourth-order valence-corrected chi connectivity index (χ4v) is 4.64. The molecule has 3 aromatic carbocycles. The molecule has 206 valence electrons. The largest absolute Gasteiger partial charge is 0.457 e. The van der Waals surface area contributed by atoms with Gasteiger partial charge in [0.15, 0.2) is 0 Å². The van der Waals surface area contributed by atoms with Gasteiger partial charge in [-0.1, -0.05) is 29.8 Å². The molecule has 0 fully saturated rings. The van der Waals surface area contributed by atoms with Crippen LogP contribution in [0, 0.1) is 6.92 Å². The lowest BCUT2D eigenvalue weighted by molar-refractivity contribution is -0.137. The van der Waals surface area contributed by atoms with E-state index in [1.165, 1.54) is 16.8 Å². The van der Waals surface area contributed by atoms with E-state index >= 15 is 0 Å². The molecule has 0 unspecified atom stereocenters. The van der Waals surface area contributed by atoms with Gasteiger partial charge in [-0.25, -0.2) is 0 Å². The fourth-order valence-electron chi connectivity index (χ4n) is 4.64. The topological polar surface area (TPSA) is 76.5 Å². The standard InChI is InChI=1S/C30H27F3N4O3/c1-19-3-11-23(12-4-19)40-24-13-9-22(10-14-24)34-29(39)28-25-18-37(16-15-26(25)35-36(28)2)27(38)17-20-5-7-21(8-6-20)30(31,32)33/h3-14H,15-18H2,1-2H3,(H,34,39). The number of hydrogen-bond donors (Lipinski definition) is 1. The smallest absolute Gasteiger partial charge is 0.416 e. The minimum atomic E-state index is -4.43. The summed E-state index contributed by atoms with van der Waals surface area (Å²) in [6.07, 6.45) is -3.99. The molecule has 7 nitrogen and oxygen atoms in total. The summed E-state index contributed by atoms with van der Waals surface area (Å²) in [7, 11) is 1.68. The average molecular weight is 549 g/mol. The number of nitrogens with one attached hydrogen (secondary N) is 1. The Morgan fingerprint density at radius 2 is 1.57 bits per heavy atom. The zero-order valence-electron chi connectivity index (χ0n) is 22.0. The number of carbonyl (C=O) groups excluding carboxylic acids is 2. The lowest BCUT2D eigenvalue weighted by Gasteiger charge is -2.27. The molecular weight excluding hydrogens is 521 g/mol. The van der Waals surface area contributed by atoms with E-state index in [1.807, 2.05) is 31.2 Å². The third-order valence-corrected chi connectivity index (χ3v) is 6.77. The van der Waals surface area contributed by atoms with Crippen molar-refractivity contribution in [2.45, 2.75) is 32.5 Å². The Morgan fingerprint density at radius 3 is 2.20 bits per heavy atom. The van der Waals surface area contributed by atoms with Crippen molar-refractivity contribution in [1.82, 2.24) is 14.7 Å². The Hall–Kier alpha value is -4.60. The first-order chi connectivity index (χ1) is 19.1. The number of benzene rings is 3. The van der Waals surface area contributed by atoms with Crippen LogP contribution < -0.4 is 10.1 Å². The van der Waals surface area contributed by atoms with Gasteiger partial charge in [-0.05, 0) is 61.0 Å². The van der Waals surface area contributed by atoms with Crippen LogP contribution in [0.3, 0.4) is 0 Å². The van der Waals surface area contributed by atoms with Gasteiger partial charge in [0.25, 0.3) is 5.91 Å². The summed E-state index contributed by atoms with van der Waals surface area (Å²) in [6, 6.07) is 19.3. The molecule has 0 atom stereocenters. The highest BCUT2D eigenvalue weighted by Crippen LogP contribution is 2.30. The van der Waals surface area contributed by atoms with E-state index in [0.717, 1.165) is 23.4 Å². The van der Waals surface area contributed by atoms with Gasteiger partial charge >= 0.3 is 6.18 Å². The predicted octanol–water partition coefficient (Wildman–Crippen LogP) is 5.92. The number of amides is 2. The van der Waals surface area contributed by atoms with E-state index < -0.39 is 11.7 Å². The van der Waals surface area contributed by atoms with Gasteiger partial charge in [0, 0.05) is 37.8 Å². The Bertz CT molecular complexity index is 1530. The van der Waals surface area contributed by atoms with Crippen LogP contribution in [0.5, 0.6) is 11.5 Å². The predicted molar refractivity (Wildman–Crippen MR) is 143 cm³/mol. The van der Waals surface area contributed by atoms with E-state index in [-0.39, 0.29) is 24.8 Å². The van der Waals surface area contributed by atoms with Crippen LogP contribution in [0.1, 0.15) is 38.4 Å². The van der Waals surface area contributed by atoms with Crippen molar-refractivity contribution < 1.29 is 27.5 Å². The van der Waals surface area contributed by atoms with Crippen molar-refractivity contribution in [2.24, 2.45) is 7.05 Å². The highest BCUT2D eigenvalue weighted by atomic mass is 19.4. The van der Waals surface area contributed by atoms with Crippen LogP contribution in [0.15, 0.2) is 72.8 Å². The van der Waals surface area contributed by atoms with Gasteiger partial charge in [-0.2, -0.15) is 18.3 Å². The quantitative estimate of drug-likeness (QED) is 0.325. The first-order valence-corrected chi connectivity index (χ1v) is 12.7. The van der Waals surface area contributed by atoms with Gasteiger partial charge in [0.1, 0.15) is 17.2 Å². The normalized spacial score (nSPS) is 13.1. The third kappa shape index (κ3) is 6.01. The molecule has 0 saturated carbocycles. The maximum atomic E-state index is 13.3. The monoisotopic (exact) mass is 548 g/mol. The number of hydrogen-bond acceptors (Lipinski definition) is 4. The van der Waals surface area contributed by atoms with Gasteiger partial charge in [-0.3, -0.25) is 14.3 Å². The number of ether oxygens (including phenoxy) is 1. The molecule has 40 heavy (non-hydrogen) atoms. The fraction of sp³-hybridized carbons (Fsp3) is 0.233. The zero-order chi connectivity index (χ0) is 28.4. The number of alkyl halides is 3. The van der Waals surface area contributed by atoms with Crippen LogP contribution in [0.25, 0.3) is 0 Å². The molecule has 1 aliphatic rings. The van der Waals surface area contributed by atoms with E-state index in [1.54, 1.807) is 36.2 Å². The molecule has 1 aromatic heterocycles. The summed E-state index contributed by atoms with van der Waals surface area (Å²) in [6.45, 7) is 2.60. The molecule has 1 N–H and O–H groups in total. The second-order valence-corrected chi connectivity index (χ2v) is 9.73. The number of aryl methyl sites for hydroxylation is 2. The summed E-state index contributed by atoms with van der Waals surface area (Å²) >= 11 is 0. The number of rotatable bonds is 6. The molecule has 1 aliphatic heterocycles. The molecule has 4 aromatic rings. The van der Waals surface area contributed by atoms with Crippen molar-refractivity contribution in [2.75, 3.05) is 11.9 Å². The van der Waals surface area contributed by atoms with Gasteiger partial charge in [0.05, 0.1) is 17.7 Å². The van der Waals surface area contributed by atoms with E-state index in [4.69, 9.17) is 4.74 Å². The molecule has 0 spiro atoms. The van der Waals surface area contributed by atoms with Crippen LogP contribution in [0.4, 0.5) is 18.9 Å². The molecular formula is C30H27F3N4O3. The van der Waals surface area contributed by atoms with Crippen molar-refractivity contribution in [3.8, 4) is 11.5 Å². The molecule has 0 aliphatic carbocycles. The Labute approximate surface area is 229 Å². The lowest BCUT2D eigenvalue weighted by Crippen LogP contribution is -2.37. The number of aromatic nitrogens is 2. The lowest BCUT2D eigenvalue weighted by atomic mass is 10.0. The van der Waals surface area contributed by atoms with E-state index in [0.29, 0.717) is 47.0 Å². The minimum absolute atomic E-state index is 0.0354.